The fraction of sp³-hybridized carbons (Fsp3) is 0.562. The van der Waals surface area contributed by atoms with E-state index in [9.17, 15) is 4.79 Å². The molecule has 0 bridgehead atoms. The number of hydrogen-bond acceptors (Lipinski definition) is 2. The third kappa shape index (κ3) is 2.99. The highest BCUT2D eigenvalue weighted by Gasteiger charge is 2.44. The van der Waals surface area contributed by atoms with Crippen LogP contribution in [0.15, 0.2) is 24.3 Å². The van der Waals surface area contributed by atoms with Crippen LogP contribution in [0.3, 0.4) is 0 Å². The van der Waals surface area contributed by atoms with E-state index in [0.29, 0.717) is 5.02 Å². The number of amides is 1. The Kier molecular flexibility index (Phi) is 5.06. The second kappa shape index (κ2) is 6.59. The standard InChI is InChI=1S/C16H23ClN2O/c1-18-10-11-19(2)15(20)16(8-3-4-9-16)13-6-5-7-14(17)12-13/h5-7,12,18H,3-4,8-11H2,1-2H3. The van der Waals surface area contributed by atoms with Crippen molar-refractivity contribution in [2.75, 3.05) is 27.2 Å². The van der Waals surface area contributed by atoms with Gasteiger partial charge in [0.25, 0.3) is 0 Å². The average Bonchev–Trinajstić information content (AvgIpc) is 2.94. The predicted molar refractivity (Wildman–Crippen MR) is 83.2 cm³/mol. The lowest BCUT2D eigenvalue weighted by Gasteiger charge is -2.33. The van der Waals surface area contributed by atoms with Crippen LogP contribution >= 0.6 is 11.6 Å². The quantitative estimate of drug-likeness (QED) is 0.906. The van der Waals surface area contributed by atoms with Gasteiger partial charge in [-0.1, -0.05) is 36.6 Å². The molecule has 1 aromatic carbocycles. The molecule has 1 saturated carbocycles. The number of carbonyl (C=O) groups excluding carboxylic acids is 1. The summed E-state index contributed by atoms with van der Waals surface area (Å²) < 4.78 is 0. The largest absolute Gasteiger partial charge is 0.344 e. The molecule has 4 heteroatoms. The molecule has 110 valence electrons. The van der Waals surface area contributed by atoms with Gasteiger partial charge in [-0.05, 0) is 37.6 Å². The van der Waals surface area contributed by atoms with E-state index in [1.165, 1.54) is 0 Å². The Morgan fingerprint density at radius 2 is 2.10 bits per heavy atom. The number of nitrogens with one attached hydrogen (secondary N) is 1. The van der Waals surface area contributed by atoms with E-state index >= 15 is 0 Å². The Morgan fingerprint density at radius 1 is 1.40 bits per heavy atom. The number of benzene rings is 1. The van der Waals surface area contributed by atoms with Crippen LogP contribution < -0.4 is 5.32 Å². The fourth-order valence-electron chi connectivity index (χ4n) is 3.14. The highest BCUT2D eigenvalue weighted by atomic mass is 35.5. The normalized spacial score (nSPS) is 17.1. The molecule has 2 rings (SSSR count). The van der Waals surface area contributed by atoms with Gasteiger partial charge in [0, 0.05) is 25.2 Å². The maximum absolute atomic E-state index is 12.9. The van der Waals surface area contributed by atoms with E-state index in [4.69, 9.17) is 11.6 Å². The summed E-state index contributed by atoms with van der Waals surface area (Å²) in [6, 6.07) is 7.80. The number of nitrogens with zero attached hydrogens (tertiary/aromatic N) is 1. The van der Waals surface area contributed by atoms with Crippen molar-refractivity contribution in [2.45, 2.75) is 31.1 Å². The molecule has 0 aliphatic heterocycles. The van der Waals surface area contributed by atoms with Gasteiger partial charge >= 0.3 is 0 Å². The molecular formula is C16H23ClN2O. The predicted octanol–water partition coefficient (Wildman–Crippen LogP) is 2.83. The van der Waals surface area contributed by atoms with Crippen molar-refractivity contribution in [3.05, 3.63) is 34.9 Å². The third-order valence-electron chi connectivity index (χ3n) is 4.29. The molecule has 3 nitrogen and oxygen atoms in total. The first-order chi connectivity index (χ1) is 9.60. The van der Waals surface area contributed by atoms with E-state index in [0.717, 1.165) is 44.3 Å². The van der Waals surface area contributed by atoms with Crippen molar-refractivity contribution >= 4 is 17.5 Å². The second-order valence-corrected chi connectivity index (χ2v) is 6.07. The maximum atomic E-state index is 12.9. The van der Waals surface area contributed by atoms with Gasteiger partial charge in [0.05, 0.1) is 5.41 Å². The third-order valence-corrected chi connectivity index (χ3v) is 4.52. The van der Waals surface area contributed by atoms with Crippen LogP contribution in [-0.4, -0.2) is 38.0 Å². The monoisotopic (exact) mass is 294 g/mol. The van der Waals surface area contributed by atoms with Crippen LogP contribution in [0.25, 0.3) is 0 Å². The van der Waals surface area contributed by atoms with Gasteiger partial charge in [-0.25, -0.2) is 0 Å². The number of hydrogen-bond donors (Lipinski definition) is 1. The Bertz CT molecular complexity index is 469. The van der Waals surface area contributed by atoms with E-state index < -0.39 is 0 Å². The highest BCUT2D eigenvalue weighted by molar-refractivity contribution is 6.30. The average molecular weight is 295 g/mol. The minimum absolute atomic E-state index is 0.229. The van der Waals surface area contributed by atoms with Gasteiger partial charge in [-0.15, -0.1) is 0 Å². The van der Waals surface area contributed by atoms with Crippen molar-refractivity contribution in [3.63, 3.8) is 0 Å². The minimum atomic E-state index is -0.368. The molecule has 0 unspecified atom stereocenters. The highest BCUT2D eigenvalue weighted by Crippen LogP contribution is 2.43. The van der Waals surface area contributed by atoms with Crippen LogP contribution in [0.2, 0.25) is 5.02 Å². The zero-order valence-electron chi connectivity index (χ0n) is 12.3. The van der Waals surface area contributed by atoms with Crippen molar-refractivity contribution < 1.29 is 4.79 Å². The van der Waals surface area contributed by atoms with Crippen LogP contribution in [0.5, 0.6) is 0 Å². The molecule has 20 heavy (non-hydrogen) atoms. The van der Waals surface area contributed by atoms with Gasteiger partial charge in [0.15, 0.2) is 0 Å². The Balaban J connectivity index is 2.28. The molecule has 0 saturated heterocycles. The maximum Gasteiger partial charge on any atom is 0.233 e. The van der Waals surface area contributed by atoms with E-state index in [1.54, 1.807) is 0 Å². The summed E-state index contributed by atoms with van der Waals surface area (Å²) >= 11 is 6.12. The number of halogens is 1. The Hall–Kier alpha value is -1.06. The van der Waals surface area contributed by atoms with Crippen LogP contribution in [0, 0.1) is 0 Å². The van der Waals surface area contributed by atoms with E-state index in [1.807, 2.05) is 43.3 Å². The van der Waals surface area contributed by atoms with Gasteiger partial charge in [-0.2, -0.15) is 0 Å². The van der Waals surface area contributed by atoms with Crippen molar-refractivity contribution in [3.8, 4) is 0 Å². The Morgan fingerprint density at radius 3 is 2.70 bits per heavy atom. The van der Waals surface area contributed by atoms with Gasteiger partial charge in [-0.3, -0.25) is 4.79 Å². The van der Waals surface area contributed by atoms with Crippen molar-refractivity contribution in [1.29, 1.82) is 0 Å². The summed E-state index contributed by atoms with van der Waals surface area (Å²) in [6.07, 6.45) is 4.07. The van der Waals surface area contributed by atoms with Crippen LogP contribution in [-0.2, 0) is 10.2 Å². The van der Waals surface area contributed by atoms with Gasteiger partial charge < -0.3 is 10.2 Å². The zero-order valence-corrected chi connectivity index (χ0v) is 13.0. The van der Waals surface area contributed by atoms with Crippen molar-refractivity contribution in [1.82, 2.24) is 10.2 Å². The number of rotatable bonds is 5. The summed E-state index contributed by atoms with van der Waals surface area (Å²) in [5.74, 6) is 0.229. The van der Waals surface area contributed by atoms with Gasteiger partial charge in [0.1, 0.15) is 0 Å². The smallest absolute Gasteiger partial charge is 0.233 e. The van der Waals surface area contributed by atoms with E-state index in [-0.39, 0.29) is 11.3 Å². The number of carbonyl (C=O) groups is 1. The molecule has 0 radical (unpaired) electrons. The summed E-state index contributed by atoms with van der Waals surface area (Å²) in [4.78, 5) is 14.8. The summed E-state index contributed by atoms with van der Waals surface area (Å²) in [5.41, 5.74) is 0.705. The summed E-state index contributed by atoms with van der Waals surface area (Å²) in [5, 5.41) is 3.80. The fourth-order valence-corrected chi connectivity index (χ4v) is 3.33. The van der Waals surface area contributed by atoms with Crippen LogP contribution in [0.4, 0.5) is 0 Å². The lowest BCUT2D eigenvalue weighted by molar-refractivity contribution is -0.136. The molecule has 0 spiro atoms. The molecule has 1 aliphatic rings. The lowest BCUT2D eigenvalue weighted by Crippen LogP contribution is -2.45. The second-order valence-electron chi connectivity index (χ2n) is 5.63. The van der Waals surface area contributed by atoms with E-state index in [2.05, 4.69) is 5.32 Å². The molecular weight excluding hydrogens is 272 g/mol. The molecule has 1 amide bonds. The molecule has 0 aromatic heterocycles. The Labute approximate surface area is 126 Å². The molecule has 0 atom stereocenters. The molecule has 1 aromatic rings. The first kappa shape index (κ1) is 15.3. The molecule has 1 fully saturated rings. The SMILES string of the molecule is CNCCN(C)C(=O)C1(c2cccc(Cl)c2)CCCC1. The van der Waals surface area contributed by atoms with Gasteiger partial charge in [0.2, 0.25) is 5.91 Å². The number of likely N-dealkylation sites (N-methyl/N-ethyl adjacent to an activating group) is 2. The summed E-state index contributed by atoms with van der Waals surface area (Å²) in [7, 11) is 3.80. The summed E-state index contributed by atoms with van der Waals surface area (Å²) in [6.45, 7) is 1.55. The van der Waals surface area contributed by atoms with Crippen molar-refractivity contribution in [2.24, 2.45) is 0 Å². The zero-order chi connectivity index (χ0) is 14.6. The van der Waals surface area contributed by atoms with Crippen LogP contribution in [0.1, 0.15) is 31.2 Å². The topological polar surface area (TPSA) is 32.3 Å². The molecule has 1 N–H and O–H groups in total. The first-order valence-electron chi connectivity index (χ1n) is 7.26. The molecule has 0 heterocycles. The minimum Gasteiger partial charge on any atom is -0.344 e. The first-order valence-corrected chi connectivity index (χ1v) is 7.64. The lowest BCUT2D eigenvalue weighted by atomic mass is 9.77. The molecule has 1 aliphatic carbocycles.